The Bertz CT molecular complexity index is 273. The van der Waals surface area contributed by atoms with Gasteiger partial charge in [-0.15, -0.1) is 0 Å². The summed E-state index contributed by atoms with van der Waals surface area (Å²) in [5, 5.41) is 0. The van der Waals surface area contributed by atoms with Crippen LogP contribution in [0.15, 0.2) is 0 Å². The lowest BCUT2D eigenvalue weighted by Gasteiger charge is -2.39. The van der Waals surface area contributed by atoms with Gasteiger partial charge in [0.25, 0.3) is 0 Å². The molecule has 1 heteroatoms. The molecule has 0 spiro atoms. The molecule has 0 aromatic carbocycles. The van der Waals surface area contributed by atoms with Crippen molar-refractivity contribution in [3.63, 3.8) is 0 Å². The molecule has 0 radical (unpaired) electrons. The zero-order valence-corrected chi connectivity index (χ0v) is 13.6. The van der Waals surface area contributed by atoms with Gasteiger partial charge in [0.15, 0.2) is 0 Å². The summed E-state index contributed by atoms with van der Waals surface area (Å²) in [4.78, 5) is 0. The molecule has 6 unspecified atom stereocenters. The fourth-order valence-electron chi connectivity index (χ4n) is 4.95. The Morgan fingerprint density at radius 1 is 0.895 bits per heavy atom. The van der Waals surface area contributed by atoms with Crippen LogP contribution in [0.2, 0.25) is 0 Å². The van der Waals surface area contributed by atoms with Gasteiger partial charge in [-0.3, -0.25) is 0 Å². The van der Waals surface area contributed by atoms with Gasteiger partial charge >= 0.3 is 0 Å². The van der Waals surface area contributed by atoms with E-state index in [0.29, 0.717) is 6.04 Å². The molecule has 0 heterocycles. The van der Waals surface area contributed by atoms with Crippen LogP contribution in [0.4, 0.5) is 0 Å². The molecule has 1 nitrogen and oxygen atoms in total. The lowest BCUT2D eigenvalue weighted by molar-refractivity contribution is 0.120. The van der Waals surface area contributed by atoms with Gasteiger partial charge < -0.3 is 5.73 Å². The first kappa shape index (κ1) is 15.4. The Labute approximate surface area is 120 Å². The van der Waals surface area contributed by atoms with Crippen molar-refractivity contribution >= 4 is 0 Å². The summed E-state index contributed by atoms with van der Waals surface area (Å²) < 4.78 is 0. The second kappa shape index (κ2) is 6.61. The Morgan fingerprint density at radius 2 is 1.47 bits per heavy atom. The summed E-state index contributed by atoms with van der Waals surface area (Å²) in [5.74, 6) is 5.54. The summed E-state index contributed by atoms with van der Waals surface area (Å²) in [6.45, 7) is 9.67. The fourth-order valence-corrected chi connectivity index (χ4v) is 4.95. The minimum Gasteiger partial charge on any atom is -0.327 e. The number of rotatable bonds is 3. The van der Waals surface area contributed by atoms with Crippen molar-refractivity contribution in [1.82, 2.24) is 0 Å². The van der Waals surface area contributed by atoms with Gasteiger partial charge in [-0.2, -0.15) is 0 Å². The zero-order chi connectivity index (χ0) is 14.0. The highest BCUT2D eigenvalue weighted by Crippen LogP contribution is 2.42. The molecule has 2 fully saturated rings. The molecule has 0 aromatic rings. The average molecular weight is 265 g/mol. The molecular weight excluding hydrogens is 230 g/mol. The van der Waals surface area contributed by atoms with Gasteiger partial charge in [0, 0.05) is 6.04 Å². The molecule has 0 amide bonds. The van der Waals surface area contributed by atoms with Crippen LogP contribution in [0.5, 0.6) is 0 Å². The van der Waals surface area contributed by atoms with Crippen LogP contribution in [0, 0.1) is 35.5 Å². The summed E-state index contributed by atoms with van der Waals surface area (Å²) in [6.07, 6.45) is 9.99. The van der Waals surface area contributed by atoms with Gasteiger partial charge in [-0.1, -0.05) is 34.1 Å². The normalized spacial score (nSPS) is 44.5. The van der Waals surface area contributed by atoms with Crippen molar-refractivity contribution in [2.75, 3.05) is 0 Å². The van der Waals surface area contributed by atoms with Crippen LogP contribution in [-0.4, -0.2) is 6.04 Å². The van der Waals surface area contributed by atoms with Crippen molar-refractivity contribution in [3.05, 3.63) is 0 Å². The van der Waals surface area contributed by atoms with E-state index in [2.05, 4.69) is 27.7 Å². The molecule has 2 saturated carbocycles. The SMILES string of the molecule is CC(C)C1CCC(CC2CCC(N)C(C)C2)CC1C. The molecule has 0 bridgehead atoms. The van der Waals surface area contributed by atoms with E-state index in [9.17, 15) is 0 Å². The average Bonchev–Trinajstić information content (AvgIpc) is 2.33. The van der Waals surface area contributed by atoms with Crippen LogP contribution >= 0.6 is 0 Å². The van der Waals surface area contributed by atoms with Crippen LogP contribution in [0.25, 0.3) is 0 Å². The number of hydrogen-bond donors (Lipinski definition) is 1. The van der Waals surface area contributed by atoms with E-state index in [1.54, 1.807) is 0 Å². The molecule has 2 aliphatic rings. The van der Waals surface area contributed by atoms with Crippen LogP contribution in [0.3, 0.4) is 0 Å². The van der Waals surface area contributed by atoms with E-state index in [4.69, 9.17) is 5.73 Å². The molecule has 6 atom stereocenters. The third kappa shape index (κ3) is 3.97. The first-order valence-electron chi connectivity index (χ1n) is 8.73. The molecular formula is C18H35N. The predicted octanol–water partition coefficient (Wildman–Crippen LogP) is 4.85. The summed E-state index contributed by atoms with van der Waals surface area (Å²) in [5.41, 5.74) is 6.15. The standard InChI is InChI=1S/C18H35N/c1-12(2)17-7-5-15(9-13(17)3)11-16-6-8-18(19)14(4)10-16/h12-18H,5-11,19H2,1-4H3. The van der Waals surface area contributed by atoms with Crippen LogP contribution < -0.4 is 5.73 Å². The highest BCUT2D eigenvalue weighted by atomic mass is 14.7. The number of nitrogens with two attached hydrogens (primary N) is 1. The summed E-state index contributed by atoms with van der Waals surface area (Å²) in [7, 11) is 0. The quantitative estimate of drug-likeness (QED) is 0.775. The first-order valence-corrected chi connectivity index (χ1v) is 8.73. The molecule has 2 aliphatic carbocycles. The van der Waals surface area contributed by atoms with Gasteiger partial charge in [-0.25, -0.2) is 0 Å². The lowest BCUT2D eigenvalue weighted by Crippen LogP contribution is -2.35. The Balaban J connectivity index is 1.79. The molecule has 2 rings (SSSR count). The molecule has 0 aliphatic heterocycles. The molecule has 19 heavy (non-hydrogen) atoms. The Morgan fingerprint density at radius 3 is 2.00 bits per heavy atom. The second-order valence-electron chi connectivity index (χ2n) is 8.12. The Hall–Kier alpha value is -0.0400. The van der Waals surface area contributed by atoms with E-state index >= 15 is 0 Å². The van der Waals surface area contributed by atoms with Gasteiger partial charge in [0.1, 0.15) is 0 Å². The van der Waals surface area contributed by atoms with Gasteiger partial charge in [0.2, 0.25) is 0 Å². The minimum atomic E-state index is 0.479. The molecule has 0 saturated heterocycles. The van der Waals surface area contributed by atoms with Crippen molar-refractivity contribution in [3.8, 4) is 0 Å². The van der Waals surface area contributed by atoms with Crippen molar-refractivity contribution in [2.45, 2.75) is 78.7 Å². The highest BCUT2D eigenvalue weighted by Gasteiger charge is 2.32. The topological polar surface area (TPSA) is 26.0 Å². The minimum absolute atomic E-state index is 0.479. The van der Waals surface area contributed by atoms with Gasteiger partial charge in [-0.05, 0) is 74.0 Å². The summed E-state index contributed by atoms with van der Waals surface area (Å²) >= 11 is 0. The van der Waals surface area contributed by atoms with Crippen LogP contribution in [-0.2, 0) is 0 Å². The largest absolute Gasteiger partial charge is 0.327 e. The van der Waals surface area contributed by atoms with Crippen molar-refractivity contribution in [2.24, 2.45) is 41.2 Å². The van der Waals surface area contributed by atoms with E-state index < -0.39 is 0 Å². The molecule has 2 N–H and O–H groups in total. The highest BCUT2D eigenvalue weighted by molar-refractivity contribution is 4.84. The maximum atomic E-state index is 6.15. The van der Waals surface area contributed by atoms with Crippen LogP contribution in [0.1, 0.15) is 72.6 Å². The number of hydrogen-bond acceptors (Lipinski definition) is 1. The Kier molecular flexibility index (Phi) is 5.34. The van der Waals surface area contributed by atoms with E-state index in [-0.39, 0.29) is 0 Å². The maximum absolute atomic E-state index is 6.15. The third-order valence-corrected chi connectivity index (χ3v) is 6.21. The van der Waals surface area contributed by atoms with E-state index in [1.807, 2.05) is 0 Å². The van der Waals surface area contributed by atoms with E-state index in [0.717, 1.165) is 35.5 Å². The summed E-state index contributed by atoms with van der Waals surface area (Å²) in [6, 6.07) is 0.479. The zero-order valence-electron chi connectivity index (χ0n) is 13.6. The fraction of sp³-hybridized carbons (Fsp3) is 1.00. The lowest BCUT2D eigenvalue weighted by atomic mass is 9.67. The monoisotopic (exact) mass is 265 g/mol. The third-order valence-electron chi connectivity index (χ3n) is 6.21. The molecule has 0 aromatic heterocycles. The second-order valence-corrected chi connectivity index (χ2v) is 8.12. The van der Waals surface area contributed by atoms with Crippen molar-refractivity contribution in [1.29, 1.82) is 0 Å². The molecule has 112 valence electrons. The van der Waals surface area contributed by atoms with Gasteiger partial charge in [0.05, 0.1) is 0 Å². The maximum Gasteiger partial charge on any atom is 0.00647 e. The van der Waals surface area contributed by atoms with Crippen molar-refractivity contribution < 1.29 is 0 Å². The first-order chi connectivity index (χ1) is 8.97. The smallest absolute Gasteiger partial charge is 0.00647 e. The predicted molar refractivity (Wildman–Crippen MR) is 83.9 cm³/mol. The van der Waals surface area contributed by atoms with E-state index in [1.165, 1.54) is 44.9 Å².